The molecule has 1 aliphatic heterocycles. The fraction of sp³-hybridized carbons (Fsp3) is 0.350. The summed E-state index contributed by atoms with van der Waals surface area (Å²) in [5, 5.41) is 3.15. The molecule has 8 heteroatoms. The van der Waals surface area contributed by atoms with Crippen LogP contribution in [-0.2, 0) is 21.4 Å². The van der Waals surface area contributed by atoms with Crippen LogP contribution in [0.1, 0.15) is 25.3 Å². The Hall–Kier alpha value is -1.96. The second-order valence-corrected chi connectivity index (χ2v) is 9.65. The number of benzene rings is 2. The lowest BCUT2D eigenvalue weighted by Crippen LogP contribution is -2.51. The maximum atomic E-state index is 13.3. The lowest BCUT2D eigenvalue weighted by molar-refractivity contribution is -0.132. The van der Waals surface area contributed by atoms with Crippen molar-refractivity contribution in [3.63, 3.8) is 0 Å². The summed E-state index contributed by atoms with van der Waals surface area (Å²) in [6.45, 7) is 2.37. The van der Waals surface area contributed by atoms with Crippen molar-refractivity contribution >= 4 is 27.5 Å². The highest BCUT2D eigenvalue weighted by Gasteiger charge is 2.41. The van der Waals surface area contributed by atoms with Crippen molar-refractivity contribution in [1.82, 2.24) is 9.62 Å². The Bertz CT molecular complexity index is 983. The summed E-state index contributed by atoms with van der Waals surface area (Å²) in [5.41, 5.74) is -0.215. The topological polar surface area (TPSA) is 66.5 Å². The van der Waals surface area contributed by atoms with E-state index in [4.69, 9.17) is 11.6 Å². The number of sulfonamides is 1. The monoisotopic (exact) mass is 424 g/mol. The maximum Gasteiger partial charge on any atom is 0.243 e. The molecule has 1 amide bonds. The van der Waals surface area contributed by atoms with Crippen LogP contribution < -0.4 is 5.32 Å². The average molecular weight is 425 g/mol. The third-order valence-corrected chi connectivity index (χ3v) is 7.06. The number of nitrogens with one attached hydrogen (secondary N) is 1. The van der Waals surface area contributed by atoms with Crippen molar-refractivity contribution in [2.75, 3.05) is 13.1 Å². The highest BCUT2D eigenvalue weighted by Crippen LogP contribution is 2.33. The van der Waals surface area contributed by atoms with Crippen molar-refractivity contribution in [2.45, 2.75) is 31.2 Å². The Morgan fingerprint density at radius 1 is 1.25 bits per heavy atom. The Morgan fingerprint density at radius 2 is 2.00 bits per heavy atom. The summed E-state index contributed by atoms with van der Waals surface area (Å²) in [5.74, 6) is -0.614. The first kappa shape index (κ1) is 20.8. The molecule has 1 heterocycles. The van der Waals surface area contributed by atoms with Crippen LogP contribution in [0.3, 0.4) is 0 Å². The van der Waals surface area contributed by atoms with E-state index < -0.39 is 15.4 Å². The van der Waals surface area contributed by atoms with Gasteiger partial charge in [-0.2, -0.15) is 4.31 Å². The van der Waals surface area contributed by atoms with E-state index in [1.807, 2.05) is 0 Å². The molecule has 1 saturated heterocycles. The first-order chi connectivity index (χ1) is 13.2. The van der Waals surface area contributed by atoms with Gasteiger partial charge in [0.25, 0.3) is 0 Å². The number of carbonyl (C=O) groups excluding carboxylic acids is 1. The van der Waals surface area contributed by atoms with Crippen LogP contribution in [0, 0.1) is 11.2 Å². The summed E-state index contributed by atoms with van der Waals surface area (Å²) >= 11 is 5.93. The summed E-state index contributed by atoms with van der Waals surface area (Å²) in [4.78, 5) is 12.9. The van der Waals surface area contributed by atoms with E-state index in [1.54, 1.807) is 31.2 Å². The number of hydrogen-bond acceptors (Lipinski definition) is 3. The molecule has 2 aromatic carbocycles. The van der Waals surface area contributed by atoms with Gasteiger partial charge in [-0.15, -0.1) is 0 Å². The van der Waals surface area contributed by atoms with Crippen LogP contribution in [0.25, 0.3) is 0 Å². The molecule has 0 radical (unpaired) electrons. The smallest absolute Gasteiger partial charge is 0.243 e. The Balaban J connectivity index is 1.72. The number of nitrogens with zero attached hydrogens (tertiary/aromatic N) is 1. The number of amides is 1. The largest absolute Gasteiger partial charge is 0.352 e. The Kier molecular flexibility index (Phi) is 6.07. The number of halogens is 2. The molecule has 0 saturated carbocycles. The van der Waals surface area contributed by atoms with Gasteiger partial charge in [-0.25, -0.2) is 12.8 Å². The predicted octanol–water partition coefficient (Wildman–Crippen LogP) is 3.59. The Morgan fingerprint density at radius 3 is 2.71 bits per heavy atom. The fourth-order valence-electron chi connectivity index (χ4n) is 3.40. The highest BCUT2D eigenvalue weighted by atomic mass is 35.5. The van der Waals surface area contributed by atoms with Gasteiger partial charge >= 0.3 is 0 Å². The molecule has 2 aromatic rings. The van der Waals surface area contributed by atoms with Crippen LogP contribution in [0.15, 0.2) is 53.4 Å². The number of hydrogen-bond donors (Lipinski definition) is 1. The number of rotatable bonds is 5. The summed E-state index contributed by atoms with van der Waals surface area (Å²) in [6.07, 6.45) is 1.15. The van der Waals surface area contributed by atoms with E-state index in [0.717, 1.165) is 0 Å². The van der Waals surface area contributed by atoms with Crippen molar-refractivity contribution in [3.8, 4) is 0 Å². The standard InChI is InChI=1S/C20H22ClFN2O3S/c1-20(19(25)23-13-15-5-2-7-17(22)11-15)9-4-10-24(14-20)28(26,27)18-8-3-6-16(21)12-18/h2-3,5-8,11-12H,4,9-10,13-14H2,1H3,(H,23,25)/t20-/m1/s1. The summed E-state index contributed by atoms with van der Waals surface area (Å²) in [6, 6.07) is 12.1. The molecule has 1 N–H and O–H groups in total. The van der Waals surface area contributed by atoms with Crippen LogP contribution in [0.2, 0.25) is 5.02 Å². The van der Waals surface area contributed by atoms with Crippen LogP contribution in [0.4, 0.5) is 4.39 Å². The maximum absolute atomic E-state index is 13.3. The summed E-state index contributed by atoms with van der Waals surface area (Å²) < 4.78 is 40.6. The van der Waals surface area contributed by atoms with Crippen LogP contribution >= 0.6 is 11.6 Å². The predicted molar refractivity (Wildman–Crippen MR) is 106 cm³/mol. The molecule has 0 bridgehead atoms. The lowest BCUT2D eigenvalue weighted by atomic mass is 9.82. The molecular formula is C20H22ClFN2O3S. The first-order valence-corrected chi connectivity index (χ1v) is 10.8. The van der Waals surface area contributed by atoms with Gasteiger partial charge in [-0.05, 0) is 55.7 Å². The van der Waals surface area contributed by atoms with Gasteiger partial charge in [0.05, 0.1) is 10.3 Å². The zero-order valence-electron chi connectivity index (χ0n) is 15.5. The van der Waals surface area contributed by atoms with Crippen molar-refractivity contribution < 1.29 is 17.6 Å². The molecule has 150 valence electrons. The lowest BCUT2D eigenvalue weighted by Gasteiger charge is -2.38. The molecule has 1 aliphatic rings. The molecular weight excluding hydrogens is 403 g/mol. The minimum absolute atomic E-state index is 0.0802. The van der Waals surface area contributed by atoms with E-state index in [-0.39, 0.29) is 29.7 Å². The van der Waals surface area contributed by atoms with Crippen molar-refractivity contribution in [2.24, 2.45) is 5.41 Å². The van der Waals surface area contributed by atoms with Gasteiger partial charge in [0, 0.05) is 24.7 Å². The van der Waals surface area contributed by atoms with E-state index in [1.165, 1.54) is 28.6 Å². The van der Waals surface area contributed by atoms with E-state index in [0.29, 0.717) is 30.0 Å². The Labute approximate surface area is 169 Å². The van der Waals surface area contributed by atoms with Crippen molar-refractivity contribution in [1.29, 1.82) is 0 Å². The second kappa shape index (κ2) is 8.19. The van der Waals surface area contributed by atoms with Crippen LogP contribution in [0.5, 0.6) is 0 Å². The second-order valence-electron chi connectivity index (χ2n) is 7.27. The molecule has 0 unspecified atom stereocenters. The molecule has 3 rings (SSSR count). The third kappa shape index (κ3) is 4.54. The molecule has 0 aromatic heterocycles. The molecule has 1 fully saturated rings. The van der Waals surface area contributed by atoms with Gasteiger partial charge in [0.15, 0.2) is 0 Å². The average Bonchev–Trinajstić information content (AvgIpc) is 2.66. The van der Waals surface area contributed by atoms with Crippen LogP contribution in [-0.4, -0.2) is 31.7 Å². The van der Waals surface area contributed by atoms with E-state index in [2.05, 4.69) is 5.32 Å². The quantitative estimate of drug-likeness (QED) is 0.797. The number of carbonyl (C=O) groups is 1. The SMILES string of the molecule is C[C@@]1(C(=O)NCc2cccc(F)c2)CCCN(S(=O)(=O)c2cccc(Cl)c2)C1. The highest BCUT2D eigenvalue weighted by molar-refractivity contribution is 7.89. The van der Waals surface area contributed by atoms with Gasteiger partial charge < -0.3 is 5.32 Å². The molecule has 0 spiro atoms. The molecule has 28 heavy (non-hydrogen) atoms. The number of piperidine rings is 1. The minimum atomic E-state index is -3.74. The van der Waals surface area contributed by atoms with E-state index in [9.17, 15) is 17.6 Å². The first-order valence-electron chi connectivity index (χ1n) is 8.99. The van der Waals surface area contributed by atoms with Gasteiger partial charge in [0.1, 0.15) is 5.82 Å². The third-order valence-electron chi connectivity index (χ3n) is 4.99. The van der Waals surface area contributed by atoms with Gasteiger partial charge in [0.2, 0.25) is 15.9 Å². The molecule has 1 atom stereocenters. The van der Waals surface area contributed by atoms with Gasteiger partial charge in [-0.3, -0.25) is 4.79 Å². The molecule has 0 aliphatic carbocycles. The zero-order chi connectivity index (χ0) is 20.4. The fourth-order valence-corrected chi connectivity index (χ4v) is 5.31. The van der Waals surface area contributed by atoms with Gasteiger partial charge in [-0.1, -0.05) is 29.8 Å². The minimum Gasteiger partial charge on any atom is -0.352 e. The summed E-state index contributed by atoms with van der Waals surface area (Å²) in [7, 11) is -3.74. The normalized spacial score (nSPS) is 20.7. The van der Waals surface area contributed by atoms with E-state index >= 15 is 0 Å². The zero-order valence-corrected chi connectivity index (χ0v) is 17.1. The molecule has 5 nitrogen and oxygen atoms in total. The van der Waals surface area contributed by atoms with Crippen molar-refractivity contribution in [3.05, 3.63) is 64.9 Å².